The Morgan fingerprint density at radius 1 is 0.935 bits per heavy atom. The van der Waals surface area contributed by atoms with Crippen molar-refractivity contribution in [2.45, 2.75) is 39.8 Å². The fourth-order valence-corrected chi connectivity index (χ4v) is 3.58. The average Bonchev–Trinajstić information content (AvgIpc) is 3.16. The highest BCUT2D eigenvalue weighted by Crippen LogP contribution is 2.34. The third-order valence-corrected chi connectivity index (χ3v) is 5.31. The molecule has 2 aromatic rings. The number of nitrogen functional groups attached to an aromatic ring is 2. The summed E-state index contributed by atoms with van der Waals surface area (Å²) < 4.78 is 4.03. The van der Waals surface area contributed by atoms with E-state index in [1.165, 1.54) is 11.4 Å². The van der Waals surface area contributed by atoms with Crippen LogP contribution in [0.2, 0.25) is 0 Å². The highest BCUT2D eigenvalue weighted by Gasteiger charge is 2.20. The number of rotatable bonds is 8. The smallest absolute Gasteiger partial charge is 0.355 e. The zero-order chi connectivity index (χ0) is 23.2. The lowest BCUT2D eigenvalue weighted by Crippen LogP contribution is -2.40. The van der Waals surface area contributed by atoms with Crippen LogP contribution in [0.25, 0.3) is 0 Å². The van der Waals surface area contributed by atoms with Crippen LogP contribution in [-0.4, -0.2) is 49.7 Å². The normalized spacial score (nSPS) is 12.5. The van der Waals surface area contributed by atoms with Crippen molar-refractivity contribution >= 4 is 38.9 Å². The van der Waals surface area contributed by atoms with Crippen molar-refractivity contribution in [2.24, 2.45) is 11.5 Å². The lowest BCUT2D eigenvalue weighted by molar-refractivity contribution is -0.682. The molecule has 2 heterocycles. The van der Waals surface area contributed by atoms with E-state index in [2.05, 4.69) is 51.7 Å². The minimum Gasteiger partial charge on any atom is -0.399 e. The first-order valence-electron chi connectivity index (χ1n) is 11.1. The molecule has 0 bridgehead atoms. The first-order valence-corrected chi connectivity index (χ1v) is 12.7. The minimum atomic E-state index is 0.695. The van der Waals surface area contributed by atoms with Gasteiger partial charge in [0.2, 0.25) is 0 Å². The van der Waals surface area contributed by atoms with Crippen molar-refractivity contribution in [1.29, 1.82) is 0 Å². The number of imidazole rings is 1. The maximum atomic E-state index is 5.93. The summed E-state index contributed by atoms with van der Waals surface area (Å²) >= 11 is 2.94. The quantitative estimate of drug-likeness (QED) is 0.251. The third-order valence-electron chi connectivity index (χ3n) is 5.31. The maximum absolute atomic E-state index is 5.93. The predicted octanol–water partition coefficient (Wildman–Crippen LogP) is 2.00. The lowest BCUT2D eigenvalue weighted by atomic mass is 10.1. The van der Waals surface area contributed by atoms with E-state index in [0.29, 0.717) is 13.1 Å². The summed E-state index contributed by atoms with van der Waals surface area (Å²) in [5.41, 5.74) is 26.1. The zero-order valence-corrected chi connectivity index (χ0v) is 21.0. The molecule has 8 nitrogen and oxygen atoms in total. The molecular formula is C22H42BrN8+. The van der Waals surface area contributed by atoms with Crippen molar-refractivity contribution in [3.8, 4) is 0 Å². The maximum Gasteiger partial charge on any atom is 0.355 e. The molecule has 9 heteroatoms. The molecule has 0 unspecified atom stereocenters. The van der Waals surface area contributed by atoms with Gasteiger partial charge in [0.15, 0.2) is 0 Å². The molecule has 0 saturated carbocycles. The summed E-state index contributed by atoms with van der Waals surface area (Å²) in [5, 5.41) is 0. The standard InChI is InChI=1S/C12H19N3.C9H19N5.CH3Br/c1-3-14-7-8-15(4-2)12-9-10(13)5-6-11(12)14;10-3-1-5-13-7-8-14(9(13)12)6-2-4-11;1-2/h5-6,9H,3-4,7-8,13H2,1-2H3;7-8,12H,1-6,10-11H2;1H3/p+1. The minimum absolute atomic E-state index is 0.695. The van der Waals surface area contributed by atoms with Gasteiger partial charge >= 0.3 is 5.95 Å². The van der Waals surface area contributed by atoms with Crippen LogP contribution in [0.3, 0.4) is 0 Å². The van der Waals surface area contributed by atoms with Crippen LogP contribution in [0.4, 0.5) is 23.0 Å². The van der Waals surface area contributed by atoms with Crippen LogP contribution < -0.4 is 37.3 Å². The number of halogens is 1. The molecule has 31 heavy (non-hydrogen) atoms. The van der Waals surface area contributed by atoms with Crippen molar-refractivity contribution in [3.63, 3.8) is 0 Å². The number of aryl methyl sites for hydroxylation is 2. The number of hydrogen-bond donors (Lipinski definition) is 4. The van der Waals surface area contributed by atoms with Crippen molar-refractivity contribution in [1.82, 2.24) is 4.57 Å². The second kappa shape index (κ2) is 14.9. The summed E-state index contributed by atoms with van der Waals surface area (Å²) in [4.78, 5) is 4.79. The summed E-state index contributed by atoms with van der Waals surface area (Å²) in [6, 6.07) is 6.21. The zero-order valence-electron chi connectivity index (χ0n) is 19.4. The molecule has 0 atom stereocenters. The predicted molar refractivity (Wildman–Crippen MR) is 138 cm³/mol. The number of hydrogen-bond acceptors (Lipinski definition) is 6. The van der Waals surface area contributed by atoms with Crippen LogP contribution >= 0.6 is 15.9 Å². The Balaban J connectivity index is 0.000000288. The molecule has 0 fully saturated rings. The Kier molecular flexibility index (Phi) is 13.0. The van der Waals surface area contributed by atoms with Gasteiger partial charge in [-0.15, -0.1) is 0 Å². The van der Waals surface area contributed by atoms with E-state index in [9.17, 15) is 0 Å². The largest absolute Gasteiger partial charge is 0.399 e. The fraction of sp³-hybridized carbons (Fsp3) is 0.591. The van der Waals surface area contributed by atoms with Gasteiger partial charge in [0, 0.05) is 31.9 Å². The van der Waals surface area contributed by atoms with E-state index >= 15 is 0 Å². The molecule has 3 rings (SSSR count). The van der Waals surface area contributed by atoms with Crippen molar-refractivity contribution in [2.75, 3.05) is 66.4 Å². The van der Waals surface area contributed by atoms with E-state index in [1.54, 1.807) is 0 Å². The second-order valence-corrected chi connectivity index (χ2v) is 7.24. The molecule has 0 saturated heterocycles. The van der Waals surface area contributed by atoms with Gasteiger partial charge in [0.25, 0.3) is 0 Å². The van der Waals surface area contributed by atoms with E-state index in [4.69, 9.17) is 22.9 Å². The average molecular weight is 499 g/mol. The Labute approximate surface area is 196 Å². The van der Waals surface area contributed by atoms with Gasteiger partial charge in [0.1, 0.15) is 0 Å². The monoisotopic (exact) mass is 497 g/mol. The van der Waals surface area contributed by atoms with E-state index in [-0.39, 0.29) is 0 Å². The molecule has 0 spiro atoms. The molecule has 8 N–H and O–H groups in total. The van der Waals surface area contributed by atoms with Gasteiger partial charge in [-0.2, -0.15) is 0 Å². The molecule has 176 valence electrons. The number of nitrogens with zero attached hydrogens (tertiary/aromatic N) is 4. The number of nitrogens with two attached hydrogens (primary N) is 4. The molecule has 1 aromatic carbocycles. The van der Waals surface area contributed by atoms with Gasteiger partial charge in [-0.3, -0.25) is 5.73 Å². The number of alkyl halides is 1. The Morgan fingerprint density at radius 3 is 2.13 bits per heavy atom. The number of fused-ring (bicyclic) bond motifs is 1. The summed E-state index contributed by atoms with van der Waals surface area (Å²) in [5.74, 6) is 2.60. The molecular weight excluding hydrogens is 456 g/mol. The van der Waals surface area contributed by atoms with Crippen molar-refractivity contribution < 1.29 is 4.57 Å². The van der Waals surface area contributed by atoms with Gasteiger partial charge in [-0.05, 0) is 63.8 Å². The summed E-state index contributed by atoms with van der Waals surface area (Å²) in [7, 11) is 0. The third kappa shape index (κ3) is 7.90. The Morgan fingerprint density at radius 2 is 1.55 bits per heavy atom. The van der Waals surface area contributed by atoms with Crippen LogP contribution in [0.15, 0.2) is 30.6 Å². The molecule has 1 aromatic heterocycles. The molecule has 1 aliphatic rings. The number of anilines is 4. The highest BCUT2D eigenvalue weighted by molar-refractivity contribution is 9.08. The summed E-state index contributed by atoms with van der Waals surface area (Å²) in [6.07, 6.45) is 5.88. The van der Waals surface area contributed by atoms with Crippen LogP contribution in [-0.2, 0) is 13.1 Å². The van der Waals surface area contributed by atoms with E-state index in [1.807, 2.05) is 33.4 Å². The number of aromatic nitrogens is 2. The fourth-order valence-electron chi connectivity index (χ4n) is 3.58. The topological polar surface area (TPSA) is 119 Å². The van der Waals surface area contributed by atoms with Crippen LogP contribution in [0.1, 0.15) is 26.7 Å². The van der Waals surface area contributed by atoms with Crippen LogP contribution in [0.5, 0.6) is 0 Å². The Bertz CT molecular complexity index is 724. The number of likely N-dealkylation sites (N-methyl/N-ethyl adjacent to an activating group) is 2. The molecule has 0 radical (unpaired) electrons. The van der Waals surface area contributed by atoms with Gasteiger partial charge < -0.3 is 27.0 Å². The van der Waals surface area contributed by atoms with Crippen LogP contribution in [0, 0.1) is 0 Å². The van der Waals surface area contributed by atoms with Gasteiger partial charge in [0.05, 0.1) is 36.9 Å². The molecule has 0 amide bonds. The second-order valence-electron chi connectivity index (χ2n) is 7.24. The van der Waals surface area contributed by atoms with Gasteiger partial charge in [-0.1, -0.05) is 15.9 Å². The first kappa shape index (κ1) is 27.1. The summed E-state index contributed by atoms with van der Waals surface area (Å²) in [6.45, 7) is 11.9. The van der Waals surface area contributed by atoms with Gasteiger partial charge in [-0.25, -0.2) is 9.13 Å². The highest BCUT2D eigenvalue weighted by atomic mass is 79.9. The first-order chi connectivity index (χ1) is 15.0. The lowest BCUT2D eigenvalue weighted by Gasteiger charge is -2.38. The number of benzene rings is 1. The SMILES string of the molecule is CBr.CCN1CCN(CC)c2cc(N)ccc21.NCCCn1cc[n+](CCCN)c1N. The van der Waals surface area contributed by atoms with E-state index < -0.39 is 0 Å². The molecule has 1 aliphatic heterocycles. The van der Waals surface area contributed by atoms with Crippen molar-refractivity contribution in [3.05, 3.63) is 30.6 Å². The Hall–Kier alpha value is -1.97. The molecule has 0 aliphatic carbocycles. The van der Waals surface area contributed by atoms with E-state index in [0.717, 1.165) is 63.7 Å².